The van der Waals surface area contributed by atoms with Crippen LogP contribution in [0.5, 0.6) is 0 Å². The number of nitrogens with zero attached hydrogens (tertiary/aromatic N) is 4. The van der Waals surface area contributed by atoms with Crippen LogP contribution < -0.4 is 4.90 Å². The summed E-state index contributed by atoms with van der Waals surface area (Å²) >= 11 is 5.82. The van der Waals surface area contributed by atoms with Crippen molar-refractivity contribution in [3.63, 3.8) is 0 Å². The summed E-state index contributed by atoms with van der Waals surface area (Å²) in [6.45, 7) is 1.96. The first-order valence-electron chi connectivity index (χ1n) is 7.60. The average molecular weight is 343 g/mol. The number of nitro groups is 1. The van der Waals surface area contributed by atoms with Gasteiger partial charge in [0.15, 0.2) is 0 Å². The van der Waals surface area contributed by atoms with Crippen LogP contribution in [-0.4, -0.2) is 38.6 Å². The molecule has 2 rings (SSSR count). The fraction of sp³-hybridized carbons (Fsp3) is 0.643. The summed E-state index contributed by atoms with van der Waals surface area (Å²) in [6, 6.07) is 0.0352. The minimum Gasteiger partial charge on any atom is -0.481 e. The number of hydrogen-bond acceptors (Lipinski definition) is 6. The number of halogens is 1. The largest absolute Gasteiger partial charge is 0.481 e. The third-order valence-electron chi connectivity index (χ3n) is 4.21. The summed E-state index contributed by atoms with van der Waals surface area (Å²) in [7, 11) is 0. The molecular formula is C14H19ClN4O4. The van der Waals surface area contributed by atoms with Gasteiger partial charge in [0.1, 0.15) is 6.20 Å². The monoisotopic (exact) mass is 342 g/mol. The van der Waals surface area contributed by atoms with E-state index in [0.29, 0.717) is 6.42 Å². The highest BCUT2D eigenvalue weighted by Gasteiger charge is 2.33. The Morgan fingerprint density at radius 3 is 2.74 bits per heavy atom. The van der Waals surface area contributed by atoms with Crippen molar-refractivity contribution in [3.8, 4) is 0 Å². The number of anilines is 1. The maximum Gasteiger partial charge on any atom is 0.329 e. The molecule has 8 nitrogen and oxygen atoms in total. The maximum atomic E-state index is 11.4. The van der Waals surface area contributed by atoms with Crippen molar-refractivity contribution in [2.75, 3.05) is 11.4 Å². The molecule has 1 aromatic rings. The number of carbonyl (C=O) groups is 1. The Balaban J connectivity index is 2.42. The fourth-order valence-electron chi connectivity index (χ4n) is 2.93. The number of aliphatic carboxylic acids is 1. The molecule has 0 saturated heterocycles. The molecular weight excluding hydrogens is 324 g/mol. The Kier molecular flexibility index (Phi) is 5.70. The molecule has 1 saturated carbocycles. The van der Waals surface area contributed by atoms with Gasteiger partial charge in [0.2, 0.25) is 11.1 Å². The van der Waals surface area contributed by atoms with Crippen molar-refractivity contribution in [1.82, 2.24) is 9.97 Å². The van der Waals surface area contributed by atoms with E-state index in [1.165, 1.54) is 0 Å². The normalized spacial score (nSPS) is 16.3. The van der Waals surface area contributed by atoms with Crippen molar-refractivity contribution in [2.45, 2.75) is 45.1 Å². The highest BCUT2D eigenvalue weighted by molar-refractivity contribution is 6.28. The molecule has 0 bridgehead atoms. The second kappa shape index (κ2) is 7.54. The van der Waals surface area contributed by atoms with Crippen LogP contribution in [0.3, 0.4) is 0 Å². The van der Waals surface area contributed by atoms with Crippen LogP contribution in [0.25, 0.3) is 0 Å². The lowest BCUT2D eigenvalue weighted by Crippen LogP contribution is -2.40. The molecule has 23 heavy (non-hydrogen) atoms. The Labute approximate surface area is 138 Å². The number of rotatable bonds is 7. The first-order chi connectivity index (χ1) is 10.9. The van der Waals surface area contributed by atoms with Gasteiger partial charge in [-0.15, -0.1) is 0 Å². The third-order valence-corrected chi connectivity index (χ3v) is 4.40. The van der Waals surface area contributed by atoms with Crippen LogP contribution in [-0.2, 0) is 4.79 Å². The molecule has 126 valence electrons. The summed E-state index contributed by atoms with van der Waals surface area (Å²) in [5.74, 6) is -1.43. The third kappa shape index (κ3) is 4.07. The van der Waals surface area contributed by atoms with E-state index in [4.69, 9.17) is 11.6 Å². The molecule has 1 N–H and O–H groups in total. The lowest BCUT2D eigenvalue weighted by atomic mass is 10.0. The molecule has 0 aromatic carbocycles. The van der Waals surface area contributed by atoms with Gasteiger partial charge in [-0.2, -0.15) is 4.98 Å². The van der Waals surface area contributed by atoms with Gasteiger partial charge in [-0.1, -0.05) is 19.8 Å². The van der Waals surface area contributed by atoms with Crippen LogP contribution in [0.4, 0.5) is 11.5 Å². The Morgan fingerprint density at radius 1 is 1.57 bits per heavy atom. The predicted molar refractivity (Wildman–Crippen MR) is 84.7 cm³/mol. The first-order valence-corrected chi connectivity index (χ1v) is 7.98. The highest BCUT2D eigenvalue weighted by atomic mass is 35.5. The van der Waals surface area contributed by atoms with E-state index in [1.807, 2.05) is 0 Å². The summed E-state index contributed by atoms with van der Waals surface area (Å²) in [5.41, 5.74) is -0.249. The molecule has 1 aromatic heterocycles. The second-order valence-electron chi connectivity index (χ2n) is 5.64. The summed E-state index contributed by atoms with van der Waals surface area (Å²) in [4.78, 5) is 31.5. The number of carboxylic acid groups (broad SMARTS) is 1. The zero-order valence-corrected chi connectivity index (χ0v) is 13.6. The molecule has 0 spiro atoms. The van der Waals surface area contributed by atoms with Crippen molar-refractivity contribution >= 4 is 29.1 Å². The number of aromatic nitrogens is 2. The SMILES string of the molecule is CCC(CN(c1nc(Cl)ncc1[N+](=O)[O-])C1CCCC1)C(=O)O. The topological polar surface area (TPSA) is 109 Å². The van der Waals surface area contributed by atoms with E-state index in [9.17, 15) is 20.0 Å². The van der Waals surface area contributed by atoms with Crippen molar-refractivity contribution in [2.24, 2.45) is 5.92 Å². The minimum atomic E-state index is -0.918. The molecule has 1 aliphatic rings. The van der Waals surface area contributed by atoms with Crippen LogP contribution in [0, 0.1) is 16.0 Å². The zero-order chi connectivity index (χ0) is 17.0. The Bertz CT molecular complexity index is 592. The molecule has 9 heteroatoms. The van der Waals surface area contributed by atoms with Gasteiger partial charge in [-0.05, 0) is 30.9 Å². The van der Waals surface area contributed by atoms with Gasteiger partial charge < -0.3 is 10.0 Å². The van der Waals surface area contributed by atoms with E-state index in [1.54, 1.807) is 11.8 Å². The quantitative estimate of drug-likeness (QED) is 0.461. The van der Waals surface area contributed by atoms with Crippen LogP contribution >= 0.6 is 11.6 Å². The van der Waals surface area contributed by atoms with E-state index in [0.717, 1.165) is 31.9 Å². The van der Waals surface area contributed by atoms with Gasteiger partial charge in [-0.25, -0.2) is 4.98 Å². The number of hydrogen-bond donors (Lipinski definition) is 1. The lowest BCUT2D eigenvalue weighted by Gasteiger charge is -2.31. The molecule has 1 unspecified atom stereocenters. The van der Waals surface area contributed by atoms with Gasteiger partial charge in [-0.3, -0.25) is 14.9 Å². The average Bonchev–Trinajstić information content (AvgIpc) is 3.01. The van der Waals surface area contributed by atoms with Crippen molar-refractivity contribution < 1.29 is 14.8 Å². The molecule has 1 atom stereocenters. The molecule has 1 fully saturated rings. The highest BCUT2D eigenvalue weighted by Crippen LogP contribution is 2.34. The Morgan fingerprint density at radius 2 is 2.22 bits per heavy atom. The Hall–Kier alpha value is -1.96. The number of carboxylic acids is 1. The summed E-state index contributed by atoms with van der Waals surface area (Å²) in [5, 5.41) is 20.5. The van der Waals surface area contributed by atoms with Gasteiger partial charge in [0.25, 0.3) is 0 Å². The summed E-state index contributed by atoms with van der Waals surface area (Å²) in [6.07, 6.45) is 5.25. The van der Waals surface area contributed by atoms with Gasteiger partial charge in [0, 0.05) is 12.6 Å². The lowest BCUT2D eigenvalue weighted by molar-refractivity contribution is -0.384. The molecule has 0 aliphatic heterocycles. The van der Waals surface area contributed by atoms with Crippen molar-refractivity contribution in [1.29, 1.82) is 0 Å². The zero-order valence-electron chi connectivity index (χ0n) is 12.8. The standard InChI is InChI=1S/C14H19ClN4O4/c1-2-9(13(20)21)8-18(10-5-3-4-6-10)12-11(19(22)23)7-16-14(15)17-12/h7,9-10H,2-6,8H2,1H3,(H,20,21). The van der Waals surface area contributed by atoms with E-state index < -0.39 is 16.8 Å². The van der Waals surface area contributed by atoms with E-state index >= 15 is 0 Å². The smallest absolute Gasteiger partial charge is 0.329 e. The van der Waals surface area contributed by atoms with Crippen LogP contribution in [0.1, 0.15) is 39.0 Å². The molecule has 0 radical (unpaired) electrons. The molecule has 1 heterocycles. The van der Waals surface area contributed by atoms with E-state index in [-0.39, 0.29) is 29.4 Å². The molecule has 0 amide bonds. The second-order valence-corrected chi connectivity index (χ2v) is 5.98. The minimum absolute atomic E-state index is 0.0352. The van der Waals surface area contributed by atoms with Crippen LogP contribution in [0.15, 0.2) is 6.20 Å². The maximum absolute atomic E-state index is 11.4. The first kappa shape index (κ1) is 17.4. The predicted octanol–water partition coefficient (Wildman–Crippen LogP) is 2.90. The van der Waals surface area contributed by atoms with Crippen LogP contribution in [0.2, 0.25) is 5.28 Å². The van der Waals surface area contributed by atoms with Crippen molar-refractivity contribution in [3.05, 3.63) is 21.6 Å². The summed E-state index contributed by atoms with van der Waals surface area (Å²) < 4.78 is 0. The van der Waals surface area contributed by atoms with Gasteiger partial charge in [0.05, 0.1) is 10.8 Å². The fourth-order valence-corrected chi connectivity index (χ4v) is 3.06. The molecule has 1 aliphatic carbocycles. The van der Waals surface area contributed by atoms with E-state index in [2.05, 4.69) is 9.97 Å². The van der Waals surface area contributed by atoms with Gasteiger partial charge >= 0.3 is 11.7 Å².